The summed E-state index contributed by atoms with van der Waals surface area (Å²) in [6, 6.07) is 6.15. The number of methoxy groups -OCH3 is 1. The Bertz CT molecular complexity index is 721. The van der Waals surface area contributed by atoms with Crippen LogP contribution in [0.4, 0.5) is 0 Å². The number of nitrogens with one attached hydrogen (secondary N) is 2. The van der Waals surface area contributed by atoms with E-state index in [0.717, 1.165) is 16.9 Å². The van der Waals surface area contributed by atoms with Crippen molar-refractivity contribution < 1.29 is 14.0 Å². The molecule has 2 aromatic rings. The maximum absolute atomic E-state index is 5.81. The summed E-state index contributed by atoms with van der Waals surface area (Å²) < 4.78 is 16.0. The summed E-state index contributed by atoms with van der Waals surface area (Å²) in [4.78, 5) is 8.41. The summed E-state index contributed by atoms with van der Waals surface area (Å²) in [5, 5.41) is 10.3. The number of benzene rings is 1. The quantitative estimate of drug-likeness (QED) is 0.242. The first-order valence-corrected chi connectivity index (χ1v) is 8.57. The van der Waals surface area contributed by atoms with E-state index in [1.165, 1.54) is 0 Å². The third kappa shape index (κ3) is 8.12. The number of hydrogen-bond acceptors (Lipinski definition) is 6. The summed E-state index contributed by atoms with van der Waals surface area (Å²) in [5.41, 5.74) is 2.21. The second-order valence-corrected chi connectivity index (χ2v) is 5.79. The van der Waals surface area contributed by atoms with Crippen molar-refractivity contribution in [2.75, 3.05) is 33.9 Å². The Morgan fingerprint density at radius 2 is 2.04 bits per heavy atom. The highest BCUT2D eigenvalue weighted by molar-refractivity contribution is 14.0. The highest BCUT2D eigenvalue weighted by Gasteiger charge is 2.07. The van der Waals surface area contributed by atoms with Crippen molar-refractivity contribution in [2.24, 2.45) is 4.99 Å². The monoisotopic (exact) mass is 489 g/mol. The van der Waals surface area contributed by atoms with Gasteiger partial charge in [-0.3, -0.25) is 4.99 Å². The summed E-state index contributed by atoms with van der Waals surface area (Å²) in [6.45, 7) is 6.16. The van der Waals surface area contributed by atoms with E-state index in [4.69, 9.17) is 14.0 Å². The molecule has 0 radical (unpaired) electrons. The molecule has 1 heterocycles. The molecule has 0 saturated heterocycles. The molecule has 8 nitrogen and oxygen atoms in total. The minimum atomic E-state index is 0. The SMILES string of the molecule is CN=C(NCCc1nc(C)no1)NCc1ccc(C)cc1OCCOC.I. The number of aryl methyl sites for hydroxylation is 2. The van der Waals surface area contributed by atoms with Gasteiger partial charge >= 0.3 is 0 Å². The number of rotatable bonds is 9. The van der Waals surface area contributed by atoms with Gasteiger partial charge in [0, 0.05) is 39.2 Å². The van der Waals surface area contributed by atoms with Crippen molar-refractivity contribution in [3.63, 3.8) is 0 Å². The lowest BCUT2D eigenvalue weighted by molar-refractivity contribution is 0.145. The second kappa shape index (κ2) is 12.5. The van der Waals surface area contributed by atoms with Gasteiger partial charge in [-0.1, -0.05) is 17.3 Å². The lowest BCUT2D eigenvalue weighted by atomic mass is 10.1. The molecule has 0 unspecified atom stereocenters. The van der Waals surface area contributed by atoms with E-state index in [0.29, 0.717) is 50.4 Å². The van der Waals surface area contributed by atoms with Gasteiger partial charge in [-0.05, 0) is 25.5 Å². The summed E-state index contributed by atoms with van der Waals surface area (Å²) >= 11 is 0. The minimum absolute atomic E-state index is 0. The van der Waals surface area contributed by atoms with Crippen molar-refractivity contribution in [1.82, 2.24) is 20.8 Å². The number of guanidine groups is 1. The van der Waals surface area contributed by atoms with Crippen molar-refractivity contribution in [2.45, 2.75) is 26.8 Å². The molecule has 150 valence electrons. The van der Waals surface area contributed by atoms with Gasteiger partial charge in [0.25, 0.3) is 0 Å². The number of aliphatic imine (C=N–C) groups is 1. The van der Waals surface area contributed by atoms with Crippen LogP contribution in [-0.2, 0) is 17.7 Å². The normalized spacial score (nSPS) is 11.0. The number of aromatic nitrogens is 2. The second-order valence-electron chi connectivity index (χ2n) is 5.79. The summed E-state index contributed by atoms with van der Waals surface area (Å²) in [6.07, 6.45) is 0.636. The van der Waals surface area contributed by atoms with Crippen LogP contribution in [0.1, 0.15) is 22.8 Å². The van der Waals surface area contributed by atoms with Gasteiger partial charge in [0.2, 0.25) is 5.89 Å². The van der Waals surface area contributed by atoms with E-state index in [-0.39, 0.29) is 24.0 Å². The highest BCUT2D eigenvalue weighted by atomic mass is 127. The average molecular weight is 489 g/mol. The molecule has 0 saturated carbocycles. The van der Waals surface area contributed by atoms with Gasteiger partial charge in [-0.15, -0.1) is 24.0 Å². The molecule has 27 heavy (non-hydrogen) atoms. The van der Waals surface area contributed by atoms with E-state index in [1.807, 2.05) is 13.0 Å². The maximum atomic E-state index is 5.81. The van der Waals surface area contributed by atoms with Crippen LogP contribution >= 0.6 is 24.0 Å². The predicted octanol–water partition coefficient (Wildman–Crippen LogP) is 2.24. The smallest absolute Gasteiger partial charge is 0.228 e. The zero-order chi connectivity index (χ0) is 18.8. The van der Waals surface area contributed by atoms with E-state index >= 15 is 0 Å². The first kappa shape index (κ1) is 23.2. The Morgan fingerprint density at radius 1 is 1.22 bits per heavy atom. The third-order valence-electron chi connectivity index (χ3n) is 3.64. The number of halogens is 1. The van der Waals surface area contributed by atoms with Crippen molar-refractivity contribution in [1.29, 1.82) is 0 Å². The highest BCUT2D eigenvalue weighted by Crippen LogP contribution is 2.20. The van der Waals surface area contributed by atoms with Crippen molar-refractivity contribution in [3.05, 3.63) is 41.0 Å². The molecule has 1 aromatic heterocycles. The van der Waals surface area contributed by atoms with Crippen molar-refractivity contribution in [3.8, 4) is 5.75 Å². The number of ether oxygens (including phenoxy) is 2. The topological polar surface area (TPSA) is 93.8 Å². The Labute approximate surface area is 177 Å². The molecule has 0 aliphatic rings. The first-order valence-electron chi connectivity index (χ1n) is 8.57. The van der Waals surface area contributed by atoms with Crippen LogP contribution in [0.25, 0.3) is 0 Å². The number of hydrogen-bond donors (Lipinski definition) is 2. The molecular weight excluding hydrogens is 461 g/mol. The summed E-state index contributed by atoms with van der Waals surface area (Å²) in [7, 11) is 3.39. The third-order valence-corrected chi connectivity index (χ3v) is 3.64. The lowest BCUT2D eigenvalue weighted by Gasteiger charge is -2.15. The molecule has 2 N–H and O–H groups in total. The zero-order valence-electron chi connectivity index (χ0n) is 16.2. The van der Waals surface area contributed by atoms with Gasteiger partial charge in [-0.25, -0.2) is 0 Å². The zero-order valence-corrected chi connectivity index (χ0v) is 18.6. The lowest BCUT2D eigenvalue weighted by Crippen LogP contribution is -2.38. The van der Waals surface area contributed by atoms with Crippen LogP contribution in [0.3, 0.4) is 0 Å². The van der Waals surface area contributed by atoms with Crippen molar-refractivity contribution >= 4 is 29.9 Å². The molecule has 2 rings (SSSR count). The van der Waals surface area contributed by atoms with Crippen LogP contribution in [0, 0.1) is 13.8 Å². The van der Waals surface area contributed by atoms with E-state index < -0.39 is 0 Å². The van der Waals surface area contributed by atoms with Gasteiger partial charge in [0.05, 0.1) is 6.61 Å². The largest absolute Gasteiger partial charge is 0.491 e. The van der Waals surface area contributed by atoms with Crippen LogP contribution in [0.5, 0.6) is 5.75 Å². The molecule has 0 aliphatic heterocycles. The molecule has 0 amide bonds. The molecule has 9 heteroatoms. The fraction of sp³-hybridized carbons (Fsp3) is 0.500. The van der Waals surface area contributed by atoms with E-state index in [9.17, 15) is 0 Å². The van der Waals surface area contributed by atoms with Crippen LogP contribution < -0.4 is 15.4 Å². The summed E-state index contributed by atoms with van der Waals surface area (Å²) in [5.74, 6) is 2.80. The van der Waals surface area contributed by atoms with E-state index in [1.54, 1.807) is 21.1 Å². The molecule has 0 atom stereocenters. The Morgan fingerprint density at radius 3 is 2.70 bits per heavy atom. The first-order chi connectivity index (χ1) is 12.6. The molecule has 1 aromatic carbocycles. The number of nitrogens with zero attached hydrogens (tertiary/aromatic N) is 3. The van der Waals surface area contributed by atoms with Crippen LogP contribution in [0.2, 0.25) is 0 Å². The van der Waals surface area contributed by atoms with Gasteiger partial charge in [-0.2, -0.15) is 4.98 Å². The molecule has 0 spiro atoms. The van der Waals surface area contributed by atoms with E-state index in [2.05, 4.69) is 37.9 Å². The predicted molar refractivity (Wildman–Crippen MR) is 115 cm³/mol. The standard InChI is InChI=1S/C18H27N5O3.HI/c1-13-5-6-15(16(11-13)25-10-9-24-4)12-21-18(19-3)20-8-7-17-22-14(2)23-26-17;/h5-6,11H,7-10,12H2,1-4H3,(H2,19,20,21);1H. The Balaban J connectivity index is 0.00000364. The molecular formula is C18H28IN5O3. The fourth-order valence-electron chi connectivity index (χ4n) is 2.31. The molecule has 0 aliphatic carbocycles. The maximum Gasteiger partial charge on any atom is 0.228 e. The van der Waals surface area contributed by atoms with Crippen LogP contribution in [-0.4, -0.2) is 50.0 Å². The average Bonchev–Trinajstić information content (AvgIpc) is 3.04. The van der Waals surface area contributed by atoms with Gasteiger partial charge in [0.1, 0.15) is 12.4 Å². The van der Waals surface area contributed by atoms with Gasteiger partial charge in [0.15, 0.2) is 11.8 Å². The van der Waals surface area contributed by atoms with Crippen LogP contribution in [0.15, 0.2) is 27.7 Å². The fourth-order valence-corrected chi connectivity index (χ4v) is 2.31. The minimum Gasteiger partial charge on any atom is -0.491 e. The van der Waals surface area contributed by atoms with Gasteiger partial charge < -0.3 is 24.6 Å². The Kier molecular flexibility index (Phi) is 10.7. The molecule has 0 fully saturated rings. The Hall–Kier alpha value is -1.88. The molecule has 0 bridgehead atoms.